The Hall–Kier alpha value is -2.64. The van der Waals surface area contributed by atoms with Crippen molar-refractivity contribution in [3.8, 4) is 5.75 Å². The first-order valence-corrected chi connectivity index (χ1v) is 9.28. The van der Waals surface area contributed by atoms with Gasteiger partial charge < -0.3 is 10.4 Å². The molecule has 5 nitrogen and oxygen atoms in total. The van der Waals surface area contributed by atoms with Crippen LogP contribution in [-0.2, 0) is 4.79 Å². The van der Waals surface area contributed by atoms with Gasteiger partial charge in [-0.25, -0.2) is 8.78 Å². The molecule has 0 fully saturated rings. The number of halogens is 4. The number of amides is 1. The summed E-state index contributed by atoms with van der Waals surface area (Å²) in [6.45, 7) is 3.03. The number of benzene rings is 2. The molecule has 0 aliphatic heterocycles. The second-order valence-corrected chi connectivity index (χ2v) is 7.33. The van der Waals surface area contributed by atoms with Crippen molar-refractivity contribution in [2.75, 3.05) is 7.05 Å². The summed E-state index contributed by atoms with van der Waals surface area (Å²) in [5, 5.41) is 12.4. The van der Waals surface area contributed by atoms with Crippen LogP contribution in [0.15, 0.2) is 24.3 Å². The van der Waals surface area contributed by atoms with Gasteiger partial charge in [0.05, 0.1) is 21.5 Å². The lowest BCUT2D eigenvalue weighted by Crippen LogP contribution is -2.24. The molecule has 0 saturated heterocycles. The standard InChI is InChI=1S/C20H16Cl2F2N2O3/c1-8(19(28)25-3)15-9(2)26(14-7-13(23)18(27)17(24)16(14)15)20(29)10-4-5-11(21)12(22)6-10/h4-8,27H,1-3H3,(H,25,28)/t8-/m0/s1. The molecule has 0 spiro atoms. The minimum Gasteiger partial charge on any atom is -0.503 e. The number of carbonyl (C=O) groups is 2. The molecule has 1 atom stereocenters. The maximum absolute atomic E-state index is 14.8. The number of nitrogens with zero attached hydrogens (tertiary/aromatic N) is 1. The number of phenolic OH excluding ortho intramolecular Hbond substituents is 1. The van der Waals surface area contributed by atoms with E-state index in [0.717, 1.165) is 10.6 Å². The minimum atomic E-state index is -1.24. The number of phenols is 1. The summed E-state index contributed by atoms with van der Waals surface area (Å²) in [6, 6.07) is 5.05. The fourth-order valence-electron chi connectivity index (χ4n) is 3.41. The Bertz CT molecular complexity index is 1170. The highest BCUT2D eigenvalue weighted by atomic mass is 35.5. The van der Waals surface area contributed by atoms with Gasteiger partial charge in [0, 0.05) is 29.8 Å². The van der Waals surface area contributed by atoms with Gasteiger partial charge >= 0.3 is 0 Å². The number of aromatic hydroxyl groups is 1. The summed E-state index contributed by atoms with van der Waals surface area (Å²) in [4.78, 5) is 25.4. The van der Waals surface area contributed by atoms with Crippen molar-refractivity contribution in [3.63, 3.8) is 0 Å². The Labute approximate surface area is 174 Å². The molecule has 29 heavy (non-hydrogen) atoms. The van der Waals surface area contributed by atoms with E-state index in [4.69, 9.17) is 23.2 Å². The smallest absolute Gasteiger partial charge is 0.262 e. The van der Waals surface area contributed by atoms with E-state index in [2.05, 4.69) is 5.32 Å². The Balaban J connectivity index is 2.38. The van der Waals surface area contributed by atoms with E-state index in [0.29, 0.717) is 0 Å². The molecule has 0 radical (unpaired) electrons. The Kier molecular flexibility index (Phi) is 5.56. The van der Waals surface area contributed by atoms with Crippen molar-refractivity contribution in [2.45, 2.75) is 19.8 Å². The zero-order valence-corrected chi connectivity index (χ0v) is 17.1. The maximum Gasteiger partial charge on any atom is 0.262 e. The third-order valence-corrected chi connectivity index (χ3v) is 5.59. The van der Waals surface area contributed by atoms with Crippen LogP contribution in [0.2, 0.25) is 10.0 Å². The van der Waals surface area contributed by atoms with Crippen molar-refractivity contribution in [3.05, 3.63) is 62.8 Å². The lowest BCUT2D eigenvalue weighted by Gasteiger charge is -2.12. The number of carbonyl (C=O) groups excluding carboxylic acids is 2. The quantitative estimate of drug-likeness (QED) is 0.615. The van der Waals surface area contributed by atoms with Crippen molar-refractivity contribution in [1.82, 2.24) is 9.88 Å². The van der Waals surface area contributed by atoms with Crippen LogP contribution in [0.25, 0.3) is 10.9 Å². The van der Waals surface area contributed by atoms with Crippen LogP contribution in [0, 0.1) is 18.6 Å². The van der Waals surface area contributed by atoms with E-state index in [1.165, 1.54) is 39.1 Å². The molecule has 0 aliphatic carbocycles. The number of nitrogens with one attached hydrogen (secondary N) is 1. The van der Waals surface area contributed by atoms with Gasteiger partial charge in [0.15, 0.2) is 17.4 Å². The van der Waals surface area contributed by atoms with E-state index >= 15 is 0 Å². The van der Waals surface area contributed by atoms with E-state index < -0.39 is 35.1 Å². The largest absolute Gasteiger partial charge is 0.503 e. The first-order valence-electron chi connectivity index (χ1n) is 8.53. The van der Waals surface area contributed by atoms with Gasteiger partial charge in [-0.1, -0.05) is 23.2 Å². The molecule has 152 valence electrons. The fraction of sp³-hybridized carbons (Fsp3) is 0.200. The topological polar surface area (TPSA) is 71.3 Å². The highest BCUT2D eigenvalue weighted by molar-refractivity contribution is 6.42. The lowest BCUT2D eigenvalue weighted by atomic mass is 9.96. The van der Waals surface area contributed by atoms with Gasteiger partial charge in [-0.15, -0.1) is 0 Å². The van der Waals surface area contributed by atoms with Crippen LogP contribution in [0.1, 0.15) is 34.5 Å². The molecule has 2 N–H and O–H groups in total. The predicted octanol–water partition coefficient (Wildman–Crippen LogP) is 4.78. The highest BCUT2D eigenvalue weighted by Crippen LogP contribution is 2.38. The summed E-state index contributed by atoms with van der Waals surface area (Å²) >= 11 is 11.9. The van der Waals surface area contributed by atoms with E-state index in [9.17, 15) is 23.5 Å². The number of rotatable bonds is 3. The molecule has 1 aromatic heterocycles. The highest BCUT2D eigenvalue weighted by Gasteiger charge is 2.30. The molecule has 0 saturated carbocycles. The molecule has 3 aromatic rings. The molecule has 2 aromatic carbocycles. The monoisotopic (exact) mass is 440 g/mol. The van der Waals surface area contributed by atoms with E-state index in [-0.39, 0.29) is 37.8 Å². The van der Waals surface area contributed by atoms with Crippen molar-refractivity contribution in [1.29, 1.82) is 0 Å². The molecular formula is C20H16Cl2F2N2O3. The van der Waals surface area contributed by atoms with Gasteiger partial charge in [-0.3, -0.25) is 14.2 Å². The molecule has 1 heterocycles. The molecule has 9 heteroatoms. The number of hydrogen-bond acceptors (Lipinski definition) is 3. The van der Waals surface area contributed by atoms with Crippen LogP contribution in [-0.4, -0.2) is 28.5 Å². The molecule has 3 rings (SSSR count). The first-order chi connectivity index (χ1) is 13.6. The Morgan fingerprint density at radius 1 is 1.17 bits per heavy atom. The summed E-state index contributed by atoms with van der Waals surface area (Å²) in [5.74, 6) is -5.57. The normalized spacial score (nSPS) is 12.2. The van der Waals surface area contributed by atoms with Crippen molar-refractivity contribution >= 4 is 45.9 Å². The van der Waals surface area contributed by atoms with Gasteiger partial charge in [-0.2, -0.15) is 0 Å². The first kappa shape index (κ1) is 21.1. The second kappa shape index (κ2) is 7.65. The summed E-state index contributed by atoms with van der Waals surface area (Å²) in [7, 11) is 1.42. The van der Waals surface area contributed by atoms with Crippen LogP contribution < -0.4 is 5.32 Å². The van der Waals surface area contributed by atoms with Gasteiger partial charge in [-0.05, 0) is 37.6 Å². The molecule has 0 unspecified atom stereocenters. The number of hydrogen-bond donors (Lipinski definition) is 2. The molecular weight excluding hydrogens is 425 g/mol. The molecule has 0 aliphatic rings. The zero-order valence-electron chi connectivity index (χ0n) is 15.6. The van der Waals surface area contributed by atoms with Crippen LogP contribution in [0.4, 0.5) is 8.78 Å². The zero-order chi connectivity index (χ0) is 21.6. The second-order valence-electron chi connectivity index (χ2n) is 6.52. The van der Waals surface area contributed by atoms with Crippen LogP contribution in [0.5, 0.6) is 5.75 Å². The summed E-state index contributed by atoms with van der Waals surface area (Å²) in [5.41, 5.74) is 0.418. The van der Waals surface area contributed by atoms with Crippen LogP contribution in [0.3, 0.4) is 0 Å². The Morgan fingerprint density at radius 3 is 2.41 bits per heavy atom. The average Bonchev–Trinajstić information content (AvgIpc) is 2.98. The lowest BCUT2D eigenvalue weighted by molar-refractivity contribution is -0.121. The number of aromatic nitrogens is 1. The van der Waals surface area contributed by atoms with Gasteiger partial charge in [0.2, 0.25) is 5.91 Å². The van der Waals surface area contributed by atoms with Crippen LogP contribution >= 0.6 is 23.2 Å². The third kappa shape index (κ3) is 3.34. The fourth-order valence-corrected chi connectivity index (χ4v) is 3.71. The Morgan fingerprint density at radius 2 is 1.83 bits per heavy atom. The molecule has 0 bridgehead atoms. The van der Waals surface area contributed by atoms with Crippen molar-refractivity contribution in [2.24, 2.45) is 0 Å². The number of fused-ring (bicyclic) bond motifs is 1. The SMILES string of the molecule is CNC(=O)[C@@H](C)c1c(C)n(C(=O)c2ccc(Cl)c(Cl)c2)c2cc(F)c(O)c(F)c12. The molecule has 1 amide bonds. The van der Waals surface area contributed by atoms with Gasteiger partial charge in [0.25, 0.3) is 5.91 Å². The minimum absolute atomic E-state index is 0.114. The summed E-state index contributed by atoms with van der Waals surface area (Å²) in [6.07, 6.45) is 0. The average molecular weight is 441 g/mol. The van der Waals surface area contributed by atoms with Crippen molar-refractivity contribution < 1.29 is 23.5 Å². The summed E-state index contributed by atoms with van der Waals surface area (Å²) < 4.78 is 30.0. The van der Waals surface area contributed by atoms with E-state index in [1.54, 1.807) is 0 Å². The number of likely N-dealkylation sites (N-methyl/N-ethyl adjacent to an activating group) is 1. The van der Waals surface area contributed by atoms with Gasteiger partial charge in [0.1, 0.15) is 0 Å². The maximum atomic E-state index is 14.8. The van der Waals surface area contributed by atoms with E-state index in [1.807, 2.05) is 0 Å². The third-order valence-electron chi connectivity index (χ3n) is 4.85. The predicted molar refractivity (Wildman–Crippen MR) is 107 cm³/mol.